The Morgan fingerprint density at radius 2 is 1.74 bits per heavy atom. The number of nitrogens with one attached hydrogen (secondary N) is 2. The summed E-state index contributed by atoms with van der Waals surface area (Å²) in [5.41, 5.74) is 5.91. The van der Waals surface area contributed by atoms with E-state index in [2.05, 4.69) is 30.5 Å². The van der Waals surface area contributed by atoms with Gasteiger partial charge >= 0.3 is 0 Å². The summed E-state index contributed by atoms with van der Waals surface area (Å²) in [6.45, 7) is 4.33. The van der Waals surface area contributed by atoms with Crippen LogP contribution in [0.3, 0.4) is 0 Å². The van der Waals surface area contributed by atoms with Gasteiger partial charge in [-0.3, -0.25) is 9.59 Å². The molecular formula is C33H35FN2O2S. The molecule has 1 fully saturated rings. The lowest BCUT2D eigenvalue weighted by atomic mass is 9.77. The molecule has 2 aliphatic heterocycles. The van der Waals surface area contributed by atoms with E-state index in [-0.39, 0.29) is 17.6 Å². The number of amides is 2. The van der Waals surface area contributed by atoms with Crippen molar-refractivity contribution >= 4 is 46.7 Å². The van der Waals surface area contributed by atoms with Crippen molar-refractivity contribution in [3.8, 4) is 21.6 Å². The van der Waals surface area contributed by atoms with E-state index < -0.39 is 0 Å². The van der Waals surface area contributed by atoms with Crippen LogP contribution in [0.2, 0.25) is 0 Å². The van der Waals surface area contributed by atoms with Gasteiger partial charge in [-0.2, -0.15) is 0 Å². The fourth-order valence-corrected chi connectivity index (χ4v) is 7.93. The van der Waals surface area contributed by atoms with Crippen LogP contribution in [0.25, 0.3) is 33.7 Å². The highest BCUT2D eigenvalue weighted by atomic mass is 32.1. The van der Waals surface area contributed by atoms with E-state index in [1.54, 1.807) is 29.6 Å². The number of carbonyl (C=O) groups excluding carboxylic acids is 2. The molecule has 1 saturated carbocycles. The van der Waals surface area contributed by atoms with Gasteiger partial charge in [-0.25, -0.2) is 4.39 Å². The predicted octanol–water partition coefficient (Wildman–Crippen LogP) is 7.10. The summed E-state index contributed by atoms with van der Waals surface area (Å²) in [6, 6.07) is 7.68. The van der Waals surface area contributed by atoms with Crippen LogP contribution in [0.1, 0.15) is 82.3 Å². The Labute approximate surface area is 233 Å². The number of carbonyl (C=O) groups is 2. The van der Waals surface area contributed by atoms with E-state index in [1.165, 1.54) is 38.5 Å². The topological polar surface area (TPSA) is 58.2 Å². The maximum Gasteiger partial charge on any atom is 0.249 e. The first-order valence-electron chi connectivity index (χ1n) is 14.4. The molecule has 4 nitrogen and oxygen atoms in total. The van der Waals surface area contributed by atoms with E-state index in [9.17, 15) is 9.59 Å². The van der Waals surface area contributed by atoms with Crippen LogP contribution in [0.5, 0.6) is 0 Å². The van der Waals surface area contributed by atoms with Gasteiger partial charge in [0.15, 0.2) is 0 Å². The molecule has 2 amide bonds. The lowest BCUT2D eigenvalue weighted by Crippen LogP contribution is -2.16. The van der Waals surface area contributed by atoms with Crippen molar-refractivity contribution in [1.29, 1.82) is 0 Å². The third kappa shape index (κ3) is 4.84. The number of benzene rings is 2. The lowest BCUT2D eigenvalue weighted by Gasteiger charge is -2.29. The summed E-state index contributed by atoms with van der Waals surface area (Å²) >= 11 is 1.54. The Kier molecular flexibility index (Phi) is 7.15. The number of hydrogen-bond acceptors (Lipinski definition) is 3. The molecule has 0 atom stereocenters. The van der Waals surface area contributed by atoms with Crippen molar-refractivity contribution in [2.45, 2.75) is 77.6 Å². The smallest absolute Gasteiger partial charge is 0.249 e. The van der Waals surface area contributed by atoms with Crippen molar-refractivity contribution in [3.05, 3.63) is 57.0 Å². The second kappa shape index (κ2) is 10.7. The van der Waals surface area contributed by atoms with Crippen LogP contribution >= 0.6 is 11.3 Å². The van der Waals surface area contributed by atoms with E-state index in [0.717, 1.165) is 62.0 Å². The fourth-order valence-electron chi connectivity index (χ4n) is 6.70. The minimum absolute atomic E-state index is 0.173. The van der Waals surface area contributed by atoms with Crippen molar-refractivity contribution in [2.75, 3.05) is 10.6 Å². The highest BCUT2D eigenvalue weighted by Gasteiger charge is 2.27. The number of unbranched alkanes of at least 4 members (excludes halogenated alkanes) is 2. The van der Waals surface area contributed by atoms with Gasteiger partial charge in [0.2, 0.25) is 11.8 Å². The molecule has 0 unspecified atom stereocenters. The number of rotatable bonds is 8. The average Bonchev–Trinajstić information content (AvgIpc) is 3.62. The van der Waals surface area contributed by atoms with Crippen LogP contribution in [0.15, 0.2) is 29.6 Å². The zero-order valence-corrected chi connectivity index (χ0v) is 23.5. The maximum atomic E-state index is 15.7. The fraction of sp³-hybridized carbons (Fsp3) is 0.394. The van der Waals surface area contributed by atoms with Gasteiger partial charge in [0, 0.05) is 44.3 Å². The number of thiophene rings is 1. The maximum absolute atomic E-state index is 15.7. The van der Waals surface area contributed by atoms with Gasteiger partial charge < -0.3 is 10.6 Å². The molecule has 39 heavy (non-hydrogen) atoms. The van der Waals surface area contributed by atoms with Gasteiger partial charge in [-0.1, -0.05) is 51.7 Å². The first-order valence-corrected chi connectivity index (χ1v) is 15.3. The Balaban J connectivity index is 1.31. The molecule has 6 heteroatoms. The second-order valence-corrected chi connectivity index (χ2v) is 12.1. The SMILES string of the molecule is CCCCC[C@H]1CC[C@H](c2ccc(-c3csc(-c4c5c(cc6c4=CC(=O)N6)=CC(=O)N5)c3CC)c(F)c2)CC1. The molecule has 2 N–H and O–H groups in total. The summed E-state index contributed by atoms with van der Waals surface area (Å²) in [4.78, 5) is 25.4. The third-order valence-electron chi connectivity index (χ3n) is 8.76. The van der Waals surface area contributed by atoms with Crippen LogP contribution in [-0.2, 0) is 16.0 Å². The van der Waals surface area contributed by atoms with E-state index in [1.807, 2.05) is 17.5 Å². The Morgan fingerprint density at radius 1 is 0.949 bits per heavy atom. The van der Waals surface area contributed by atoms with Crippen molar-refractivity contribution in [2.24, 2.45) is 5.92 Å². The normalized spacial score (nSPS) is 19.7. The minimum Gasteiger partial charge on any atom is -0.322 e. The lowest BCUT2D eigenvalue weighted by molar-refractivity contribution is -0.111. The first-order chi connectivity index (χ1) is 19.0. The molecule has 6 rings (SSSR count). The molecule has 0 bridgehead atoms. The first kappa shape index (κ1) is 26.0. The summed E-state index contributed by atoms with van der Waals surface area (Å²) in [5.74, 6) is 0.749. The summed E-state index contributed by atoms with van der Waals surface area (Å²) < 4.78 is 15.7. The number of anilines is 2. The van der Waals surface area contributed by atoms with Crippen molar-refractivity contribution < 1.29 is 14.0 Å². The third-order valence-corrected chi connectivity index (χ3v) is 9.80. The highest BCUT2D eigenvalue weighted by molar-refractivity contribution is 7.14. The molecule has 3 aromatic rings. The number of halogens is 1. The molecule has 1 aromatic heterocycles. The molecule has 2 aromatic carbocycles. The molecule has 1 aliphatic carbocycles. The van der Waals surface area contributed by atoms with E-state index >= 15 is 4.39 Å². The van der Waals surface area contributed by atoms with Crippen LogP contribution < -0.4 is 21.1 Å². The van der Waals surface area contributed by atoms with Gasteiger partial charge in [0.05, 0.1) is 5.69 Å². The van der Waals surface area contributed by atoms with Gasteiger partial charge in [0.1, 0.15) is 5.82 Å². The standard InChI is InChI=1S/C33H35FN2O2S/c1-3-5-6-7-19-8-10-20(11-9-19)21-12-13-24(27(34)14-21)26-18-39-33(23(26)4-2)31-25-17-30(38)35-28(25)15-22-16-29(37)36-32(22)31/h12-20H,3-11H2,1-2H3,(H,35,38)(H,36,37)/t19-,20-. The van der Waals surface area contributed by atoms with Crippen LogP contribution in [-0.4, -0.2) is 11.8 Å². The highest BCUT2D eigenvalue weighted by Crippen LogP contribution is 2.43. The van der Waals surface area contributed by atoms with E-state index in [4.69, 9.17) is 0 Å². The van der Waals surface area contributed by atoms with Crippen LogP contribution in [0, 0.1) is 11.7 Å². The zero-order chi connectivity index (χ0) is 27.1. The summed E-state index contributed by atoms with van der Waals surface area (Å²) in [7, 11) is 0. The number of fused-ring (bicyclic) bond motifs is 2. The number of hydrogen-bond donors (Lipinski definition) is 2. The summed E-state index contributed by atoms with van der Waals surface area (Å²) in [6.07, 6.45) is 13.9. The Bertz CT molecular complexity index is 1580. The molecular weight excluding hydrogens is 507 g/mol. The molecule has 0 radical (unpaired) electrons. The van der Waals surface area contributed by atoms with Crippen molar-refractivity contribution in [1.82, 2.24) is 0 Å². The average molecular weight is 543 g/mol. The molecule has 3 heterocycles. The van der Waals surface area contributed by atoms with Crippen molar-refractivity contribution in [3.63, 3.8) is 0 Å². The Hall–Kier alpha value is -3.25. The summed E-state index contributed by atoms with van der Waals surface area (Å²) in [5, 5.41) is 9.40. The monoisotopic (exact) mass is 542 g/mol. The zero-order valence-electron chi connectivity index (χ0n) is 22.7. The van der Waals surface area contributed by atoms with Crippen LogP contribution in [0.4, 0.5) is 15.8 Å². The molecule has 0 spiro atoms. The quantitative estimate of drug-likeness (QED) is 0.298. The molecule has 3 aliphatic rings. The van der Waals surface area contributed by atoms with Gasteiger partial charge in [-0.15, -0.1) is 11.3 Å². The minimum atomic E-state index is -0.176. The largest absolute Gasteiger partial charge is 0.322 e. The van der Waals surface area contributed by atoms with Gasteiger partial charge in [0.25, 0.3) is 0 Å². The molecule has 202 valence electrons. The second-order valence-electron chi connectivity index (χ2n) is 11.2. The predicted molar refractivity (Wildman–Crippen MR) is 159 cm³/mol. The Morgan fingerprint density at radius 3 is 2.49 bits per heavy atom. The molecule has 0 saturated heterocycles. The van der Waals surface area contributed by atoms with E-state index in [0.29, 0.717) is 23.6 Å². The van der Waals surface area contributed by atoms with Gasteiger partial charge in [-0.05, 0) is 78.1 Å².